The molecule has 1 aliphatic rings. The van der Waals surface area contributed by atoms with E-state index in [9.17, 15) is 9.59 Å². The molecule has 0 saturated carbocycles. The minimum Gasteiger partial charge on any atom is -0.480 e. The molecule has 0 aliphatic carbocycles. The number of aliphatic hydroxyl groups is 1. The van der Waals surface area contributed by atoms with Gasteiger partial charge in [-0.2, -0.15) is 0 Å². The van der Waals surface area contributed by atoms with Crippen molar-refractivity contribution < 1.29 is 19.8 Å². The van der Waals surface area contributed by atoms with Crippen LogP contribution in [0.4, 0.5) is 4.79 Å². The summed E-state index contributed by atoms with van der Waals surface area (Å²) in [6, 6.07) is -1.41. The van der Waals surface area contributed by atoms with E-state index in [0.717, 1.165) is 0 Å². The Labute approximate surface area is 93.4 Å². The maximum Gasteiger partial charge on any atom is 0.326 e. The van der Waals surface area contributed by atoms with Crippen LogP contribution in [-0.2, 0) is 4.79 Å². The molecule has 16 heavy (non-hydrogen) atoms. The Balaban J connectivity index is 2.43. The number of rotatable bonds is 4. The first-order chi connectivity index (χ1) is 7.65. The summed E-state index contributed by atoms with van der Waals surface area (Å²) in [6.45, 7) is 2.30. The second kappa shape index (κ2) is 6.29. The zero-order valence-corrected chi connectivity index (χ0v) is 8.98. The minimum absolute atomic E-state index is 0.0210. The van der Waals surface area contributed by atoms with E-state index in [1.165, 1.54) is 0 Å². The number of piperazine rings is 1. The second-order valence-corrected chi connectivity index (χ2v) is 3.59. The van der Waals surface area contributed by atoms with Crippen LogP contribution in [0.25, 0.3) is 0 Å². The SMILES string of the molecule is O=C(O)C(CCO)NC(=O)N1CCNCC1. The van der Waals surface area contributed by atoms with Crippen molar-refractivity contribution in [3.63, 3.8) is 0 Å². The first-order valence-electron chi connectivity index (χ1n) is 5.25. The van der Waals surface area contributed by atoms with Crippen molar-refractivity contribution in [3.05, 3.63) is 0 Å². The molecule has 0 radical (unpaired) electrons. The third-order valence-corrected chi connectivity index (χ3v) is 2.42. The second-order valence-electron chi connectivity index (χ2n) is 3.59. The summed E-state index contributed by atoms with van der Waals surface area (Å²) >= 11 is 0. The molecule has 0 aromatic carbocycles. The summed E-state index contributed by atoms with van der Waals surface area (Å²) in [6.07, 6.45) is 0.0210. The first-order valence-corrected chi connectivity index (χ1v) is 5.25. The molecule has 0 bridgehead atoms. The number of carbonyl (C=O) groups excluding carboxylic acids is 1. The van der Waals surface area contributed by atoms with Crippen LogP contribution in [0.5, 0.6) is 0 Å². The van der Waals surface area contributed by atoms with Crippen molar-refractivity contribution >= 4 is 12.0 Å². The fourth-order valence-electron chi connectivity index (χ4n) is 1.49. The molecule has 0 spiro atoms. The number of nitrogens with zero attached hydrogens (tertiary/aromatic N) is 1. The van der Waals surface area contributed by atoms with Crippen LogP contribution in [0.3, 0.4) is 0 Å². The van der Waals surface area contributed by atoms with Crippen molar-refractivity contribution in [2.24, 2.45) is 0 Å². The molecule has 1 atom stereocenters. The average Bonchev–Trinajstić information content (AvgIpc) is 2.29. The molecule has 7 heteroatoms. The Morgan fingerprint density at radius 1 is 1.38 bits per heavy atom. The number of urea groups is 1. The zero-order chi connectivity index (χ0) is 12.0. The monoisotopic (exact) mass is 231 g/mol. The van der Waals surface area contributed by atoms with E-state index in [2.05, 4.69) is 10.6 Å². The smallest absolute Gasteiger partial charge is 0.326 e. The van der Waals surface area contributed by atoms with Crippen molar-refractivity contribution in [1.29, 1.82) is 0 Å². The summed E-state index contributed by atoms with van der Waals surface area (Å²) in [5.41, 5.74) is 0. The lowest BCUT2D eigenvalue weighted by molar-refractivity contribution is -0.139. The maximum atomic E-state index is 11.6. The number of hydrogen-bond donors (Lipinski definition) is 4. The van der Waals surface area contributed by atoms with E-state index >= 15 is 0 Å². The summed E-state index contributed by atoms with van der Waals surface area (Å²) in [5.74, 6) is -1.13. The van der Waals surface area contributed by atoms with Crippen LogP contribution in [0.15, 0.2) is 0 Å². The highest BCUT2D eigenvalue weighted by Crippen LogP contribution is 1.97. The van der Waals surface area contributed by atoms with E-state index in [-0.39, 0.29) is 19.1 Å². The largest absolute Gasteiger partial charge is 0.480 e. The van der Waals surface area contributed by atoms with Gasteiger partial charge in [0.2, 0.25) is 0 Å². The Morgan fingerprint density at radius 2 is 2.00 bits per heavy atom. The van der Waals surface area contributed by atoms with Gasteiger partial charge in [0.25, 0.3) is 0 Å². The van der Waals surface area contributed by atoms with Crippen LogP contribution in [-0.4, -0.2) is 65.9 Å². The van der Waals surface area contributed by atoms with Crippen molar-refractivity contribution in [1.82, 2.24) is 15.5 Å². The summed E-state index contributed by atoms with van der Waals surface area (Å²) in [4.78, 5) is 23.9. The number of carboxylic acid groups (broad SMARTS) is 1. The summed E-state index contributed by atoms with van der Waals surface area (Å²) in [7, 11) is 0. The summed E-state index contributed by atoms with van der Waals surface area (Å²) in [5, 5.41) is 22.9. The van der Waals surface area contributed by atoms with E-state index < -0.39 is 12.0 Å². The van der Waals surface area contributed by atoms with Crippen LogP contribution in [0, 0.1) is 0 Å². The molecule has 1 fully saturated rings. The Kier molecular flexibility index (Phi) is 5.00. The zero-order valence-electron chi connectivity index (χ0n) is 8.98. The molecule has 92 valence electrons. The van der Waals surface area contributed by atoms with Crippen LogP contribution in [0.2, 0.25) is 0 Å². The van der Waals surface area contributed by atoms with Crippen LogP contribution in [0.1, 0.15) is 6.42 Å². The van der Waals surface area contributed by atoms with Gasteiger partial charge in [0.05, 0.1) is 0 Å². The highest BCUT2D eigenvalue weighted by Gasteiger charge is 2.23. The number of hydrogen-bond acceptors (Lipinski definition) is 4. The van der Waals surface area contributed by atoms with Gasteiger partial charge in [-0.05, 0) is 0 Å². The Hall–Kier alpha value is -1.34. The molecule has 7 nitrogen and oxygen atoms in total. The van der Waals surface area contributed by atoms with Gasteiger partial charge in [0.15, 0.2) is 0 Å². The van der Waals surface area contributed by atoms with Gasteiger partial charge < -0.3 is 25.7 Å². The molecule has 1 heterocycles. The predicted molar refractivity (Wildman–Crippen MR) is 56.1 cm³/mol. The van der Waals surface area contributed by atoms with Gasteiger partial charge in [-0.1, -0.05) is 0 Å². The molecule has 0 aromatic heterocycles. The Bertz CT molecular complexity index is 253. The standard InChI is InChI=1S/C9H17N3O4/c13-6-1-7(8(14)15)11-9(16)12-4-2-10-3-5-12/h7,10,13H,1-6H2,(H,11,16)(H,14,15). The van der Waals surface area contributed by atoms with E-state index in [4.69, 9.17) is 10.2 Å². The van der Waals surface area contributed by atoms with Gasteiger partial charge in [0, 0.05) is 39.2 Å². The van der Waals surface area contributed by atoms with Crippen molar-refractivity contribution in [2.75, 3.05) is 32.8 Å². The third kappa shape index (κ3) is 3.67. The highest BCUT2D eigenvalue weighted by molar-refractivity contribution is 5.82. The van der Waals surface area contributed by atoms with Gasteiger partial charge >= 0.3 is 12.0 Å². The molecule has 1 aliphatic heterocycles. The molecule has 4 N–H and O–H groups in total. The van der Waals surface area contributed by atoms with Gasteiger partial charge in [0.1, 0.15) is 6.04 Å². The lowest BCUT2D eigenvalue weighted by atomic mass is 10.2. The molecule has 1 rings (SSSR count). The van der Waals surface area contributed by atoms with Crippen molar-refractivity contribution in [3.8, 4) is 0 Å². The summed E-state index contributed by atoms with van der Waals surface area (Å²) < 4.78 is 0. The molecule has 1 unspecified atom stereocenters. The molecule has 2 amide bonds. The fourth-order valence-corrected chi connectivity index (χ4v) is 1.49. The number of amides is 2. The van der Waals surface area contributed by atoms with E-state index in [0.29, 0.717) is 26.2 Å². The number of carbonyl (C=O) groups is 2. The molecular weight excluding hydrogens is 214 g/mol. The van der Waals surface area contributed by atoms with E-state index in [1.807, 2.05) is 0 Å². The maximum absolute atomic E-state index is 11.6. The first kappa shape index (κ1) is 12.7. The van der Waals surface area contributed by atoms with E-state index in [1.54, 1.807) is 4.90 Å². The fraction of sp³-hybridized carbons (Fsp3) is 0.778. The predicted octanol–water partition coefficient (Wildman–Crippen LogP) is -1.56. The van der Waals surface area contributed by atoms with Gasteiger partial charge in [-0.3, -0.25) is 0 Å². The minimum atomic E-state index is -1.13. The van der Waals surface area contributed by atoms with Crippen LogP contribution < -0.4 is 10.6 Å². The molecular formula is C9H17N3O4. The van der Waals surface area contributed by atoms with Gasteiger partial charge in [-0.25, -0.2) is 9.59 Å². The lowest BCUT2D eigenvalue weighted by Crippen LogP contribution is -2.53. The molecule has 0 aromatic rings. The number of carboxylic acids is 1. The number of nitrogens with one attached hydrogen (secondary N) is 2. The third-order valence-electron chi connectivity index (χ3n) is 2.42. The van der Waals surface area contributed by atoms with Gasteiger partial charge in [-0.15, -0.1) is 0 Å². The molecule has 1 saturated heterocycles. The normalized spacial score (nSPS) is 17.9. The number of aliphatic hydroxyl groups excluding tert-OH is 1. The average molecular weight is 231 g/mol. The topological polar surface area (TPSA) is 102 Å². The Morgan fingerprint density at radius 3 is 2.50 bits per heavy atom. The van der Waals surface area contributed by atoms with Crippen LogP contribution >= 0.6 is 0 Å². The number of aliphatic carboxylic acids is 1. The van der Waals surface area contributed by atoms with Crippen molar-refractivity contribution in [2.45, 2.75) is 12.5 Å². The lowest BCUT2D eigenvalue weighted by Gasteiger charge is -2.28. The highest BCUT2D eigenvalue weighted by atomic mass is 16.4. The quantitative estimate of drug-likeness (QED) is 0.468.